The van der Waals surface area contributed by atoms with E-state index in [4.69, 9.17) is 4.74 Å². The van der Waals surface area contributed by atoms with Gasteiger partial charge in [0, 0.05) is 17.9 Å². The number of morpholine rings is 1. The smallest absolute Gasteiger partial charge is 0.377 e. The van der Waals surface area contributed by atoms with Gasteiger partial charge in [0.25, 0.3) is 5.95 Å². The van der Waals surface area contributed by atoms with Crippen molar-refractivity contribution in [2.24, 2.45) is 10.2 Å². The summed E-state index contributed by atoms with van der Waals surface area (Å²) in [5, 5.41) is 11.0. The fourth-order valence-corrected chi connectivity index (χ4v) is 3.45. The molecule has 0 aliphatic carbocycles. The summed E-state index contributed by atoms with van der Waals surface area (Å²) < 4.78 is 58.2. The van der Waals surface area contributed by atoms with E-state index in [1.54, 1.807) is 30.3 Å². The van der Waals surface area contributed by atoms with Gasteiger partial charge in [-0.1, -0.05) is 18.2 Å². The Bertz CT molecular complexity index is 1150. The van der Waals surface area contributed by atoms with E-state index >= 15 is 0 Å². The van der Waals surface area contributed by atoms with Gasteiger partial charge >= 0.3 is 6.18 Å². The largest absolute Gasteiger partial charge is 0.416 e. The summed E-state index contributed by atoms with van der Waals surface area (Å²) in [4.78, 5) is 9.89. The van der Waals surface area contributed by atoms with Crippen molar-refractivity contribution in [3.8, 4) is 0 Å². The van der Waals surface area contributed by atoms with Crippen LogP contribution in [-0.4, -0.2) is 35.8 Å². The van der Waals surface area contributed by atoms with Crippen molar-refractivity contribution in [2.75, 3.05) is 30.0 Å². The van der Waals surface area contributed by atoms with Crippen LogP contribution in [0.15, 0.2) is 65.0 Å². The third-order valence-corrected chi connectivity index (χ3v) is 5.20. The Labute approximate surface area is 193 Å². The molecule has 2 aromatic carbocycles. The van der Waals surface area contributed by atoms with Gasteiger partial charge < -0.3 is 15.0 Å². The third-order valence-electron chi connectivity index (χ3n) is 5.20. The van der Waals surface area contributed by atoms with Crippen molar-refractivity contribution in [3.63, 3.8) is 0 Å². The van der Waals surface area contributed by atoms with Gasteiger partial charge in [0.15, 0.2) is 11.6 Å². The number of anilines is 3. The molecule has 178 valence electrons. The average Bonchev–Trinajstić information content (AvgIpc) is 2.81. The number of rotatable bonds is 6. The van der Waals surface area contributed by atoms with Gasteiger partial charge in [-0.15, -0.1) is 5.11 Å². The van der Waals surface area contributed by atoms with E-state index in [-0.39, 0.29) is 24.4 Å². The van der Waals surface area contributed by atoms with Gasteiger partial charge in [-0.2, -0.15) is 23.3 Å². The molecule has 0 amide bonds. The Kier molecular flexibility index (Phi) is 7.01. The van der Waals surface area contributed by atoms with Crippen LogP contribution in [0.2, 0.25) is 0 Å². The molecule has 4 rings (SSSR count). The zero-order chi connectivity index (χ0) is 24.1. The number of aromatic nitrogens is 2. The molecule has 34 heavy (non-hydrogen) atoms. The lowest BCUT2D eigenvalue weighted by atomic mass is 10.1. The predicted octanol–water partition coefficient (Wildman–Crippen LogP) is 5.89. The minimum atomic E-state index is -4.40. The number of ether oxygens (including phenoxy) is 1. The highest BCUT2D eigenvalue weighted by atomic mass is 19.4. The standard InChI is InChI=1S/C23H22F4N6O/c1-15-14-34-10-9-33(15)21-20(24)13-28-22(31-21)32-29-12-16-5-7-18(8-6-16)30-19-4-2-3-17(11-19)23(25,26)27/h2-8,11,13,15,30H,9-10,12,14H2,1H3. The molecule has 11 heteroatoms. The van der Waals surface area contributed by atoms with E-state index in [2.05, 4.69) is 25.5 Å². The van der Waals surface area contributed by atoms with Crippen molar-refractivity contribution < 1.29 is 22.3 Å². The summed E-state index contributed by atoms with van der Waals surface area (Å²) in [6, 6.07) is 12.0. The van der Waals surface area contributed by atoms with Crippen LogP contribution in [-0.2, 0) is 17.5 Å². The van der Waals surface area contributed by atoms with Gasteiger partial charge in [0.1, 0.15) is 0 Å². The van der Waals surface area contributed by atoms with Gasteiger partial charge in [0.2, 0.25) is 0 Å². The van der Waals surface area contributed by atoms with E-state index in [9.17, 15) is 17.6 Å². The van der Waals surface area contributed by atoms with E-state index in [1.807, 2.05) is 11.8 Å². The Hall–Kier alpha value is -3.60. The summed E-state index contributed by atoms with van der Waals surface area (Å²) in [5.41, 5.74) is 1.07. The monoisotopic (exact) mass is 474 g/mol. The number of azo groups is 1. The van der Waals surface area contributed by atoms with E-state index < -0.39 is 17.6 Å². The molecule has 1 aromatic heterocycles. The summed E-state index contributed by atoms with van der Waals surface area (Å²) >= 11 is 0. The fourth-order valence-electron chi connectivity index (χ4n) is 3.45. The summed E-state index contributed by atoms with van der Waals surface area (Å²) in [7, 11) is 0. The van der Waals surface area contributed by atoms with Crippen molar-refractivity contribution in [2.45, 2.75) is 25.7 Å². The first-order chi connectivity index (χ1) is 16.3. The highest BCUT2D eigenvalue weighted by molar-refractivity contribution is 5.60. The van der Waals surface area contributed by atoms with Gasteiger partial charge in [0.05, 0.1) is 37.6 Å². The fraction of sp³-hybridized carbons (Fsp3) is 0.304. The number of nitrogens with zero attached hydrogens (tertiary/aromatic N) is 5. The zero-order valence-electron chi connectivity index (χ0n) is 18.3. The maximum Gasteiger partial charge on any atom is 0.416 e. The number of hydrogen-bond acceptors (Lipinski definition) is 7. The number of halogens is 4. The topological polar surface area (TPSA) is 75.0 Å². The number of benzene rings is 2. The molecule has 7 nitrogen and oxygen atoms in total. The first kappa shape index (κ1) is 23.6. The minimum Gasteiger partial charge on any atom is -0.377 e. The van der Waals surface area contributed by atoms with Crippen LogP contribution in [0, 0.1) is 5.82 Å². The highest BCUT2D eigenvalue weighted by Crippen LogP contribution is 2.31. The molecule has 1 N–H and O–H groups in total. The van der Waals surface area contributed by atoms with Crippen molar-refractivity contribution in [1.29, 1.82) is 0 Å². The lowest BCUT2D eigenvalue weighted by molar-refractivity contribution is -0.137. The van der Waals surface area contributed by atoms with Gasteiger partial charge in [-0.05, 0) is 42.8 Å². The Morgan fingerprint density at radius 3 is 2.68 bits per heavy atom. The quantitative estimate of drug-likeness (QED) is 0.356. The van der Waals surface area contributed by atoms with Crippen LogP contribution < -0.4 is 10.2 Å². The number of nitrogens with one attached hydrogen (secondary N) is 1. The zero-order valence-corrected chi connectivity index (χ0v) is 18.3. The van der Waals surface area contributed by atoms with E-state index in [1.165, 1.54) is 6.07 Å². The van der Waals surface area contributed by atoms with Crippen LogP contribution in [0.5, 0.6) is 0 Å². The van der Waals surface area contributed by atoms with Gasteiger partial charge in [-0.3, -0.25) is 0 Å². The molecule has 1 unspecified atom stereocenters. The molecule has 1 fully saturated rings. The van der Waals surface area contributed by atoms with Gasteiger partial charge in [-0.25, -0.2) is 9.37 Å². The maximum absolute atomic E-state index is 14.2. The van der Waals surface area contributed by atoms with Crippen molar-refractivity contribution in [1.82, 2.24) is 9.97 Å². The normalized spacial score (nSPS) is 16.7. The predicted molar refractivity (Wildman–Crippen MR) is 119 cm³/mol. The van der Waals surface area contributed by atoms with E-state index in [0.29, 0.717) is 31.1 Å². The van der Waals surface area contributed by atoms with Crippen molar-refractivity contribution >= 4 is 23.1 Å². The molecule has 1 aliphatic heterocycles. The number of hydrogen-bond donors (Lipinski definition) is 1. The second-order valence-electron chi connectivity index (χ2n) is 7.76. The maximum atomic E-state index is 14.2. The van der Waals surface area contributed by atoms with Crippen LogP contribution in [0.25, 0.3) is 0 Å². The lowest BCUT2D eigenvalue weighted by Crippen LogP contribution is -2.44. The Morgan fingerprint density at radius 1 is 1.15 bits per heavy atom. The Balaban J connectivity index is 1.38. The van der Waals surface area contributed by atoms with Crippen LogP contribution in [0.4, 0.5) is 40.7 Å². The van der Waals surface area contributed by atoms with Crippen LogP contribution >= 0.6 is 0 Å². The first-order valence-corrected chi connectivity index (χ1v) is 10.6. The molecule has 0 spiro atoms. The molecule has 1 saturated heterocycles. The Morgan fingerprint density at radius 2 is 1.94 bits per heavy atom. The van der Waals surface area contributed by atoms with Crippen molar-refractivity contribution in [3.05, 3.63) is 71.7 Å². The van der Waals surface area contributed by atoms with E-state index in [0.717, 1.165) is 23.9 Å². The second kappa shape index (κ2) is 10.1. The summed E-state index contributed by atoms with van der Waals surface area (Å²) in [5.74, 6) is -0.306. The molecule has 2 heterocycles. The number of alkyl halides is 3. The SMILES string of the molecule is CC1COCCN1c1nc(N=NCc2ccc(Nc3cccc(C(F)(F)F)c3)cc2)ncc1F. The average molecular weight is 474 g/mol. The lowest BCUT2D eigenvalue weighted by Gasteiger charge is -2.34. The summed E-state index contributed by atoms with van der Waals surface area (Å²) in [6.07, 6.45) is -3.32. The summed E-state index contributed by atoms with van der Waals surface area (Å²) in [6.45, 7) is 3.65. The molecule has 0 radical (unpaired) electrons. The molecule has 0 bridgehead atoms. The molecular weight excluding hydrogens is 452 g/mol. The second-order valence-corrected chi connectivity index (χ2v) is 7.76. The van der Waals surface area contributed by atoms with Crippen LogP contribution in [0.1, 0.15) is 18.1 Å². The molecule has 0 saturated carbocycles. The first-order valence-electron chi connectivity index (χ1n) is 10.6. The molecule has 1 aliphatic rings. The third kappa shape index (κ3) is 5.84. The molecular formula is C23H22F4N6O. The molecule has 3 aromatic rings. The molecule has 1 atom stereocenters. The minimum absolute atomic E-state index is 0.0222. The highest BCUT2D eigenvalue weighted by Gasteiger charge is 2.30. The van der Waals surface area contributed by atoms with Crippen LogP contribution in [0.3, 0.4) is 0 Å².